The summed E-state index contributed by atoms with van der Waals surface area (Å²) in [4.78, 5) is 31.9. The van der Waals surface area contributed by atoms with E-state index < -0.39 is 0 Å². The number of aryl methyl sites for hydroxylation is 2. The minimum atomic E-state index is -0.350. The highest BCUT2D eigenvalue weighted by molar-refractivity contribution is 7.10. The molecule has 2 aliphatic rings. The quantitative estimate of drug-likeness (QED) is 0.350. The number of anilines is 1. The minimum absolute atomic E-state index is 0.0498. The van der Waals surface area contributed by atoms with Crippen molar-refractivity contribution >= 4 is 40.6 Å². The molecule has 7 nitrogen and oxygen atoms in total. The molecule has 3 heterocycles. The van der Waals surface area contributed by atoms with Crippen LogP contribution >= 0.6 is 22.9 Å². The van der Waals surface area contributed by atoms with Crippen molar-refractivity contribution in [1.82, 2.24) is 9.80 Å². The second-order valence-electron chi connectivity index (χ2n) is 10.2. The first-order valence-corrected chi connectivity index (χ1v) is 14.6. The van der Waals surface area contributed by atoms with E-state index in [0.717, 1.165) is 36.1 Å². The number of urea groups is 1. The molecular weight excluding hydrogens is 534 g/mol. The summed E-state index contributed by atoms with van der Waals surface area (Å²) in [6.45, 7) is 5.99. The third-order valence-corrected chi connectivity index (χ3v) is 8.51. The zero-order chi connectivity index (χ0) is 27.4. The highest BCUT2D eigenvalue weighted by Crippen LogP contribution is 2.34. The van der Waals surface area contributed by atoms with Gasteiger partial charge in [0.15, 0.2) is 0 Å². The molecule has 2 aromatic carbocycles. The summed E-state index contributed by atoms with van der Waals surface area (Å²) in [6, 6.07) is 14.6. The van der Waals surface area contributed by atoms with Crippen molar-refractivity contribution in [2.24, 2.45) is 0 Å². The number of carbonyl (C=O) groups is 2. The smallest absolute Gasteiger partial charge is 0.322 e. The summed E-state index contributed by atoms with van der Waals surface area (Å²) in [5, 5.41) is 5.50. The van der Waals surface area contributed by atoms with Gasteiger partial charge in [-0.3, -0.25) is 4.79 Å². The van der Waals surface area contributed by atoms with Gasteiger partial charge in [0, 0.05) is 35.3 Å². The van der Waals surface area contributed by atoms with E-state index in [1.54, 1.807) is 40.5 Å². The molecule has 2 aliphatic heterocycles. The predicted octanol–water partition coefficient (Wildman–Crippen LogP) is 6.24. The number of hydrogen-bond acceptors (Lipinski definition) is 5. The van der Waals surface area contributed by atoms with Crippen molar-refractivity contribution in [3.8, 4) is 5.75 Å². The van der Waals surface area contributed by atoms with Gasteiger partial charge in [-0.05, 0) is 79.9 Å². The summed E-state index contributed by atoms with van der Waals surface area (Å²) in [6.07, 6.45) is 2.52. The van der Waals surface area contributed by atoms with E-state index in [-0.39, 0.29) is 30.6 Å². The number of fused-ring (bicyclic) bond motifs is 1. The van der Waals surface area contributed by atoms with Gasteiger partial charge in [-0.25, -0.2) is 4.79 Å². The Morgan fingerprint density at radius 2 is 2.08 bits per heavy atom. The molecule has 0 bridgehead atoms. The SMILES string of the molecule is Cc1ccc(OC[C@@H]2c3ccsc3CCN2C(=O)CN(C[C@H]2CCCO2)C(=O)Nc2cccc(Cl)c2)c(C)c1. The summed E-state index contributed by atoms with van der Waals surface area (Å²) < 4.78 is 12.1. The Morgan fingerprint density at radius 1 is 1.21 bits per heavy atom. The normalized spacial score (nSPS) is 18.5. The van der Waals surface area contributed by atoms with Gasteiger partial charge in [-0.2, -0.15) is 0 Å². The van der Waals surface area contributed by atoms with Crippen LogP contribution in [0.3, 0.4) is 0 Å². The average molecular weight is 568 g/mol. The van der Waals surface area contributed by atoms with Gasteiger partial charge >= 0.3 is 6.03 Å². The molecule has 3 amide bonds. The molecule has 0 saturated carbocycles. The van der Waals surface area contributed by atoms with Crippen LogP contribution in [0, 0.1) is 13.8 Å². The monoisotopic (exact) mass is 567 g/mol. The van der Waals surface area contributed by atoms with E-state index in [1.807, 2.05) is 24.0 Å². The van der Waals surface area contributed by atoms with E-state index in [1.165, 1.54) is 10.4 Å². The number of amides is 3. The number of ether oxygens (including phenoxy) is 2. The zero-order valence-corrected chi connectivity index (χ0v) is 23.9. The molecule has 0 radical (unpaired) electrons. The highest BCUT2D eigenvalue weighted by atomic mass is 35.5. The highest BCUT2D eigenvalue weighted by Gasteiger charge is 2.34. The molecule has 3 aromatic rings. The minimum Gasteiger partial charge on any atom is -0.491 e. The molecule has 1 N–H and O–H groups in total. The van der Waals surface area contributed by atoms with E-state index >= 15 is 0 Å². The zero-order valence-electron chi connectivity index (χ0n) is 22.3. The van der Waals surface area contributed by atoms with E-state index in [4.69, 9.17) is 21.1 Å². The first-order valence-electron chi connectivity index (χ1n) is 13.4. The van der Waals surface area contributed by atoms with E-state index in [0.29, 0.717) is 37.0 Å². The molecule has 1 aromatic heterocycles. The average Bonchev–Trinajstić information content (AvgIpc) is 3.60. The van der Waals surface area contributed by atoms with Crippen molar-refractivity contribution < 1.29 is 19.1 Å². The molecule has 0 aliphatic carbocycles. The van der Waals surface area contributed by atoms with Gasteiger partial charge in [-0.15, -0.1) is 11.3 Å². The number of hydrogen-bond donors (Lipinski definition) is 1. The van der Waals surface area contributed by atoms with Crippen LogP contribution in [0.5, 0.6) is 5.75 Å². The molecule has 0 unspecified atom stereocenters. The number of thiophene rings is 1. The fourth-order valence-electron chi connectivity index (χ4n) is 5.28. The Labute approximate surface area is 238 Å². The van der Waals surface area contributed by atoms with Gasteiger partial charge in [0.25, 0.3) is 0 Å². The van der Waals surface area contributed by atoms with Crippen LogP contribution in [-0.2, 0) is 16.0 Å². The number of rotatable bonds is 8. The molecule has 39 heavy (non-hydrogen) atoms. The second-order valence-corrected chi connectivity index (χ2v) is 11.6. The predicted molar refractivity (Wildman–Crippen MR) is 155 cm³/mol. The first kappa shape index (κ1) is 27.5. The third-order valence-electron chi connectivity index (χ3n) is 7.28. The van der Waals surface area contributed by atoms with Crippen LogP contribution in [0.1, 0.15) is 40.5 Å². The fraction of sp³-hybridized carbons (Fsp3) is 0.400. The maximum Gasteiger partial charge on any atom is 0.322 e. The van der Waals surface area contributed by atoms with Gasteiger partial charge in [-0.1, -0.05) is 35.4 Å². The lowest BCUT2D eigenvalue weighted by molar-refractivity contribution is -0.135. The molecule has 1 saturated heterocycles. The Kier molecular flexibility index (Phi) is 8.75. The lowest BCUT2D eigenvalue weighted by Gasteiger charge is -2.37. The lowest BCUT2D eigenvalue weighted by Crippen LogP contribution is -2.50. The number of nitrogens with one attached hydrogen (secondary N) is 1. The van der Waals surface area contributed by atoms with Gasteiger partial charge in [0.05, 0.1) is 12.1 Å². The molecule has 9 heteroatoms. The van der Waals surface area contributed by atoms with Gasteiger partial charge in [0.1, 0.15) is 18.9 Å². The Hall–Kier alpha value is -3.07. The maximum atomic E-state index is 13.8. The van der Waals surface area contributed by atoms with Crippen LogP contribution < -0.4 is 10.1 Å². The van der Waals surface area contributed by atoms with Crippen LogP contribution in [-0.4, -0.2) is 60.7 Å². The van der Waals surface area contributed by atoms with Crippen LogP contribution in [0.15, 0.2) is 53.9 Å². The van der Waals surface area contributed by atoms with E-state index in [9.17, 15) is 9.59 Å². The Bertz CT molecular complexity index is 1320. The second kappa shape index (κ2) is 12.4. The van der Waals surface area contributed by atoms with Crippen molar-refractivity contribution in [3.05, 3.63) is 80.5 Å². The number of nitrogens with zero attached hydrogens (tertiary/aromatic N) is 2. The van der Waals surface area contributed by atoms with Crippen molar-refractivity contribution in [1.29, 1.82) is 0 Å². The summed E-state index contributed by atoms with van der Waals surface area (Å²) >= 11 is 7.83. The summed E-state index contributed by atoms with van der Waals surface area (Å²) in [5.74, 6) is 0.705. The van der Waals surface area contributed by atoms with Crippen LogP contribution in [0.4, 0.5) is 10.5 Å². The van der Waals surface area contributed by atoms with Crippen LogP contribution in [0.25, 0.3) is 0 Å². The molecule has 5 rings (SSSR count). The molecular formula is C30H34ClN3O4S. The van der Waals surface area contributed by atoms with E-state index in [2.05, 4.69) is 29.8 Å². The van der Waals surface area contributed by atoms with Crippen molar-refractivity contribution in [3.63, 3.8) is 0 Å². The number of carbonyl (C=O) groups excluding carboxylic acids is 2. The number of benzene rings is 2. The van der Waals surface area contributed by atoms with Gasteiger partial charge in [0.2, 0.25) is 5.91 Å². The molecule has 0 spiro atoms. The third kappa shape index (κ3) is 6.75. The van der Waals surface area contributed by atoms with Crippen molar-refractivity contribution in [2.75, 3.05) is 38.2 Å². The Morgan fingerprint density at radius 3 is 2.85 bits per heavy atom. The molecule has 2 atom stereocenters. The fourth-order valence-corrected chi connectivity index (χ4v) is 6.40. The molecule has 206 valence electrons. The largest absolute Gasteiger partial charge is 0.491 e. The standard InChI is InChI=1S/C30H34ClN3O4S/c1-20-8-9-27(21(2)15-20)38-19-26-25-11-14-39-28(25)10-12-34(26)29(35)18-33(17-24-7-4-13-37-24)30(36)32-23-6-3-5-22(31)16-23/h3,5-6,8-9,11,14-16,24,26H,4,7,10,12-13,17-19H2,1-2H3,(H,32,36)/t24-,26-/m1/s1. The van der Waals surface area contributed by atoms with Gasteiger partial charge < -0.3 is 24.6 Å². The topological polar surface area (TPSA) is 71.1 Å². The lowest BCUT2D eigenvalue weighted by atomic mass is 10.00. The Balaban J connectivity index is 1.33. The summed E-state index contributed by atoms with van der Waals surface area (Å²) in [5.41, 5.74) is 3.95. The van der Waals surface area contributed by atoms with Crippen LogP contribution in [0.2, 0.25) is 5.02 Å². The first-order chi connectivity index (χ1) is 18.9. The maximum absolute atomic E-state index is 13.8. The molecule has 1 fully saturated rings. The summed E-state index contributed by atoms with van der Waals surface area (Å²) in [7, 11) is 0. The van der Waals surface area contributed by atoms with Crippen molar-refractivity contribution in [2.45, 2.75) is 45.3 Å². The number of halogens is 1.